The van der Waals surface area contributed by atoms with Crippen LogP contribution in [0.25, 0.3) is 0 Å². The molecule has 17 heavy (non-hydrogen) atoms. The summed E-state index contributed by atoms with van der Waals surface area (Å²) in [5.74, 6) is -0.111. The minimum absolute atomic E-state index is 0.111. The Kier molecular flexibility index (Phi) is 6.52. The molecule has 2 unspecified atom stereocenters. The minimum Gasteiger partial charge on any atom is -0.465 e. The molecule has 0 bridgehead atoms. The first-order valence-electron chi connectivity index (χ1n) is 6.77. The molecule has 0 aromatic carbocycles. The summed E-state index contributed by atoms with van der Waals surface area (Å²) in [7, 11) is 0. The molecule has 1 saturated heterocycles. The highest BCUT2D eigenvalue weighted by Gasteiger charge is 2.32. The van der Waals surface area contributed by atoms with Crippen molar-refractivity contribution in [3.05, 3.63) is 0 Å². The lowest BCUT2D eigenvalue weighted by Gasteiger charge is -2.39. The van der Waals surface area contributed by atoms with Crippen molar-refractivity contribution in [2.45, 2.75) is 58.0 Å². The molecule has 100 valence electrons. The number of ether oxygens (including phenoxy) is 1. The van der Waals surface area contributed by atoms with Crippen molar-refractivity contribution >= 4 is 5.97 Å². The number of carbonyl (C=O) groups is 1. The maximum absolute atomic E-state index is 11.9. The van der Waals surface area contributed by atoms with Gasteiger partial charge in [0.1, 0.15) is 6.04 Å². The molecule has 1 aliphatic heterocycles. The molecule has 0 radical (unpaired) electrons. The second-order valence-corrected chi connectivity index (χ2v) is 4.58. The third kappa shape index (κ3) is 3.96. The normalized spacial score (nSPS) is 23.4. The second-order valence-electron chi connectivity index (χ2n) is 4.58. The minimum atomic E-state index is -0.133. The molecule has 4 nitrogen and oxygen atoms in total. The van der Waals surface area contributed by atoms with Crippen molar-refractivity contribution in [3.63, 3.8) is 0 Å². The predicted octanol–water partition coefficient (Wildman–Crippen LogP) is 1.56. The van der Waals surface area contributed by atoms with E-state index in [1.54, 1.807) is 0 Å². The summed E-state index contributed by atoms with van der Waals surface area (Å²) >= 11 is 0. The Morgan fingerprint density at radius 1 is 1.47 bits per heavy atom. The maximum Gasteiger partial charge on any atom is 0.323 e. The SMILES string of the molecule is CCOC(=O)C(CC)N1CCCCC1CCO. The lowest BCUT2D eigenvalue weighted by Crippen LogP contribution is -2.50. The molecule has 1 aliphatic rings. The third-order valence-corrected chi connectivity index (χ3v) is 3.48. The molecular weight excluding hydrogens is 218 g/mol. The smallest absolute Gasteiger partial charge is 0.323 e. The molecule has 0 aromatic rings. The number of hydrogen-bond donors (Lipinski definition) is 1. The van der Waals surface area contributed by atoms with Crippen molar-refractivity contribution in [3.8, 4) is 0 Å². The monoisotopic (exact) mass is 243 g/mol. The molecule has 1 heterocycles. The zero-order chi connectivity index (χ0) is 12.7. The first-order valence-corrected chi connectivity index (χ1v) is 6.77. The first-order chi connectivity index (χ1) is 8.24. The number of hydrogen-bond acceptors (Lipinski definition) is 4. The Hall–Kier alpha value is -0.610. The van der Waals surface area contributed by atoms with E-state index in [2.05, 4.69) is 4.90 Å². The number of esters is 1. The van der Waals surface area contributed by atoms with Gasteiger partial charge in [0.15, 0.2) is 0 Å². The molecule has 1 N–H and O–H groups in total. The van der Waals surface area contributed by atoms with Gasteiger partial charge >= 0.3 is 5.97 Å². The van der Waals surface area contributed by atoms with E-state index in [9.17, 15) is 4.79 Å². The van der Waals surface area contributed by atoms with Gasteiger partial charge in [0.25, 0.3) is 0 Å². The van der Waals surface area contributed by atoms with Gasteiger partial charge in [-0.2, -0.15) is 0 Å². The fraction of sp³-hybridized carbons (Fsp3) is 0.923. The summed E-state index contributed by atoms with van der Waals surface area (Å²) in [4.78, 5) is 14.1. The Morgan fingerprint density at radius 2 is 2.24 bits per heavy atom. The van der Waals surface area contributed by atoms with Crippen LogP contribution in [0.1, 0.15) is 46.0 Å². The number of likely N-dealkylation sites (tertiary alicyclic amines) is 1. The summed E-state index contributed by atoms with van der Waals surface area (Å²) < 4.78 is 5.13. The van der Waals surface area contributed by atoms with Crippen molar-refractivity contribution < 1.29 is 14.6 Å². The van der Waals surface area contributed by atoms with E-state index in [-0.39, 0.29) is 18.6 Å². The van der Waals surface area contributed by atoms with Crippen LogP contribution in [-0.2, 0) is 9.53 Å². The van der Waals surface area contributed by atoms with E-state index in [1.165, 1.54) is 6.42 Å². The Bertz CT molecular complexity index is 231. The summed E-state index contributed by atoms with van der Waals surface area (Å²) in [6.45, 7) is 5.44. The van der Waals surface area contributed by atoms with Crippen LogP contribution in [0.15, 0.2) is 0 Å². The Labute approximate surface area is 104 Å². The fourth-order valence-electron chi connectivity index (χ4n) is 2.67. The lowest BCUT2D eigenvalue weighted by atomic mass is 9.96. The molecule has 0 spiro atoms. The Morgan fingerprint density at radius 3 is 2.82 bits per heavy atom. The van der Waals surface area contributed by atoms with Crippen molar-refractivity contribution in [1.29, 1.82) is 0 Å². The molecule has 0 aromatic heterocycles. The quantitative estimate of drug-likeness (QED) is 0.719. The van der Waals surface area contributed by atoms with Gasteiger partial charge in [0.2, 0.25) is 0 Å². The largest absolute Gasteiger partial charge is 0.465 e. The van der Waals surface area contributed by atoms with Gasteiger partial charge in [-0.25, -0.2) is 0 Å². The summed E-state index contributed by atoms with van der Waals surface area (Å²) in [6, 6.07) is 0.204. The van der Waals surface area contributed by atoms with Crippen LogP contribution in [0.3, 0.4) is 0 Å². The molecule has 4 heteroatoms. The van der Waals surface area contributed by atoms with Gasteiger partial charge in [-0.3, -0.25) is 9.69 Å². The zero-order valence-electron chi connectivity index (χ0n) is 11.0. The number of carbonyl (C=O) groups excluding carboxylic acids is 1. The molecular formula is C13H25NO3. The second kappa shape index (κ2) is 7.67. The lowest BCUT2D eigenvalue weighted by molar-refractivity contribution is -0.151. The van der Waals surface area contributed by atoms with Crippen LogP contribution < -0.4 is 0 Å². The van der Waals surface area contributed by atoms with Crippen molar-refractivity contribution in [2.75, 3.05) is 19.8 Å². The number of rotatable bonds is 6. The molecule has 0 amide bonds. The molecule has 1 fully saturated rings. The third-order valence-electron chi connectivity index (χ3n) is 3.48. The molecule has 0 aliphatic carbocycles. The topological polar surface area (TPSA) is 49.8 Å². The van der Waals surface area contributed by atoms with E-state index in [0.29, 0.717) is 12.6 Å². The standard InChI is InChI=1S/C13H25NO3/c1-3-12(13(16)17-4-2)14-9-6-5-7-11(14)8-10-15/h11-12,15H,3-10H2,1-2H3. The number of aliphatic hydroxyl groups is 1. The van der Waals surface area contributed by atoms with E-state index < -0.39 is 0 Å². The first kappa shape index (κ1) is 14.5. The van der Waals surface area contributed by atoms with Gasteiger partial charge in [-0.05, 0) is 39.2 Å². The average Bonchev–Trinajstić information content (AvgIpc) is 2.33. The van der Waals surface area contributed by atoms with Crippen molar-refractivity contribution in [1.82, 2.24) is 4.90 Å². The van der Waals surface area contributed by atoms with Crippen LogP contribution in [-0.4, -0.2) is 47.8 Å². The Balaban J connectivity index is 2.66. The van der Waals surface area contributed by atoms with Gasteiger partial charge in [0.05, 0.1) is 6.61 Å². The summed E-state index contributed by atoms with van der Waals surface area (Å²) in [5, 5.41) is 9.09. The maximum atomic E-state index is 11.9. The fourth-order valence-corrected chi connectivity index (χ4v) is 2.67. The highest BCUT2D eigenvalue weighted by Crippen LogP contribution is 2.23. The zero-order valence-corrected chi connectivity index (χ0v) is 11.0. The van der Waals surface area contributed by atoms with Crippen LogP contribution >= 0.6 is 0 Å². The molecule has 2 atom stereocenters. The van der Waals surface area contributed by atoms with Crippen LogP contribution in [0.5, 0.6) is 0 Å². The van der Waals surface area contributed by atoms with E-state index in [4.69, 9.17) is 9.84 Å². The van der Waals surface area contributed by atoms with Gasteiger partial charge in [-0.15, -0.1) is 0 Å². The van der Waals surface area contributed by atoms with E-state index >= 15 is 0 Å². The number of aliphatic hydroxyl groups excluding tert-OH is 1. The van der Waals surface area contributed by atoms with E-state index in [1.807, 2.05) is 13.8 Å². The van der Waals surface area contributed by atoms with Crippen LogP contribution in [0.4, 0.5) is 0 Å². The highest BCUT2D eigenvalue weighted by molar-refractivity contribution is 5.75. The number of nitrogens with zero attached hydrogens (tertiary/aromatic N) is 1. The summed E-state index contributed by atoms with van der Waals surface area (Å²) in [5.41, 5.74) is 0. The average molecular weight is 243 g/mol. The summed E-state index contributed by atoms with van der Waals surface area (Å²) in [6.07, 6.45) is 4.95. The molecule has 1 rings (SSSR count). The van der Waals surface area contributed by atoms with Crippen molar-refractivity contribution in [2.24, 2.45) is 0 Å². The van der Waals surface area contributed by atoms with Crippen LogP contribution in [0, 0.1) is 0 Å². The van der Waals surface area contributed by atoms with Gasteiger partial charge in [0, 0.05) is 12.6 Å². The van der Waals surface area contributed by atoms with Gasteiger partial charge < -0.3 is 9.84 Å². The highest BCUT2D eigenvalue weighted by atomic mass is 16.5. The van der Waals surface area contributed by atoms with Crippen LogP contribution in [0.2, 0.25) is 0 Å². The number of piperidine rings is 1. The molecule has 0 saturated carbocycles. The van der Waals surface area contributed by atoms with Gasteiger partial charge in [-0.1, -0.05) is 13.3 Å². The van der Waals surface area contributed by atoms with E-state index in [0.717, 1.165) is 32.2 Å². The predicted molar refractivity (Wildman–Crippen MR) is 66.8 cm³/mol.